The molecule has 248 valence electrons. The lowest BCUT2D eigenvalue weighted by Crippen LogP contribution is -2.23. The van der Waals surface area contributed by atoms with Crippen LogP contribution in [0.25, 0.3) is 0 Å². The average molecular weight is 653 g/mol. The Kier molecular flexibility index (Phi) is 8.66. The largest absolute Gasteiger partial charge is 0.507 e. The third-order valence-electron chi connectivity index (χ3n) is 8.80. The molecular formula is C38H36O10. The summed E-state index contributed by atoms with van der Waals surface area (Å²) < 4.78 is 23.1. The van der Waals surface area contributed by atoms with Gasteiger partial charge < -0.3 is 39.4 Å². The summed E-state index contributed by atoms with van der Waals surface area (Å²) in [5.74, 6) is -1.25. The van der Waals surface area contributed by atoms with Crippen LogP contribution in [0.3, 0.4) is 0 Å². The molecule has 0 aliphatic carbocycles. The number of phenolic OH excluding ortho intramolecular Hbond substituents is 4. The van der Waals surface area contributed by atoms with Crippen LogP contribution in [-0.4, -0.2) is 46.2 Å². The highest BCUT2D eigenvalue weighted by atomic mass is 16.5. The van der Waals surface area contributed by atoms with Crippen molar-refractivity contribution in [1.29, 1.82) is 0 Å². The topological polar surface area (TPSA) is 152 Å². The van der Waals surface area contributed by atoms with E-state index in [4.69, 9.17) is 18.9 Å². The smallest absolute Gasteiger partial charge is 0.174 e. The van der Waals surface area contributed by atoms with Crippen LogP contribution < -0.4 is 18.9 Å². The molecule has 0 spiro atoms. The van der Waals surface area contributed by atoms with E-state index in [0.717, 1.165) is 17.2 Å². The number of methoxy groups -OCH3 is 2. The highest BCUT2D eigenvalue weighted by molar-refractivity contribution is 6.05. The third-order valence-corrected chi connectivity index (χ3v) is 8.80. The SMILES string of the molecule is COc1ccc([C@@H]2CC(=O)c3c(O)cc(O)c(Cc4c(O)c(CC=C(C)C)c5c(c4O)C(=O)C[C@H](c4ccc(OC)cc4)O5)c3O2)cc1. The number of carbonyl (C=O) groups excluding carboxylic acids is 2. The highest BCUT2D eigenvalue weighted by Gasteiger charge is 2.38. The van der Waals surface area contributed by atoms with Crippen LogP contribution in [-0.2, 0) is 12.8 Å². The molecule has 4 aromatic carbocycles. The second-order valence-electron chi connectivity index (χ2n) is 12.1. The maximum absolute atomic E-state index is 13.7. The van der Waals surface area contributed by atoms with Gasteiger partial charge in [-0.05, 0) is 55.7 Å². The van der Waals surface area contributed by atoms with E-state index in [1.807, 2.05) is 19.9 Å². The summed E-state index contributed by atoms with van der Waals surface area (Å²) >= 11 is 0. The molecule has 4 aromatic rings. The predicted molar refractivity (Wildman–Crippen MR) is 176 cm³/mol. The van der Waals surface area contributed by atoms with Gasteiger partial charge in [-0.2, -0.15) is 0 Å². The zero-order chi connectivity index (χ0) is 34.3. The number of carbonyl (C=O) groups is 2. The van der Waals surface area contributed by atoms with E-state index in [0.29, 0.717) is 17.1 Å². The van der Waals surface area contributed by atoms with Crippen LogP contribution in [0, 0.1) is 0 Å². The fourth-order valence-electron chi connectivity index (χ4n) is 6.20. The number of aromatic hydroxyl groups is 4. The summed E-state index contributed by atoms with van der Waals surface area (Å²) in [6, 6.07) is 15.1. The van der Waals surface area contributed by atoms with E-state index >= 15 is 0 Å². The molecule has 0 saturated carbocycles. The number of fused-ring (bicyclic) bond motifs is 2. The minimum atomic E-state index is -0.750. The zero-order valence-corrected chi connectivity index (χ0v) is 27.0. The first-order valence-corrected chi connectivity index (χ1v) is 15.5. The van der Waals surface area contributed by atoms with Gasteiger partial charge in [0.2, 0.25) is 0 Å². The molecule has 2 atom stereocenters. The maximum atomic E-state index is 13.7. The monoisotopic (exact) mass is 652 g/mol. The van der Waals surface area contributed by atoms with E-state index in [1.165, 1.54) is 0 Å². The molecular weight excluding hydrogens is 616 g/mol. The summed E-state index contributed by atoms with van der Waals surface area (Å²) in [5.41, 5.74) is 2.42. The Morgan fingerprint density at radius 1 is 0.708 bits per heavy atom. The van der Waals surface area contributed by atoms with Crippen molar-refractivity contribution < 1.29 is 49.0 Å². The molecule has 6 rings (SSSR count). The zero-order valence-electron chi connectivity index (χ0n) is 27.0. The number of ether oxygens (including phenoxy) is 4. The fourth-order valence-corrected chi connectivity index (χ4v) is 6.20. The van der Waals surface area contributed by atoms with Crippen LogP contribution in [0.1, 0.15) is 87.4 Å². The van der Waals surface area contributed by atoms with Gasteiger partial charge in [0.25, 0.3) is 0 Å². The number of allylic oxidation sites excluding steroid dienone is 2. The molecule has 0 aromatic heterocycles. The van der Waals surface area contributed by atoms with Gasteiger partial charge in [0, 0.05) is 29.2 Å². The first-order valence-electron chi connectivity index (χ1n) is 15.5. The van der Waals surface area contributed by atoms with E-state index in [1.54, 1.807) is 62.8 Å². The van der Waals surface area contributed by atoms with Crippen LogP contribution >= 0.6 is 0 Å². The lowest BCUT2D eigenvalue weighted by Gasteiger charge is -2.30. The molecule has 0 saturated heterocycles. The molecule has 0 bridgehead atoms. The Labute approximate surface area is 277 Å². The van der Waals surface area contributed by atoms with Gasteiger partial charge in [-0.15, -0.1) is 0 Å². The number of benzene rings is 4. The molecule has 2 aliphatic rings. The van der Waals surface area contributed by atoms with Gasteiger partial charge in [0.15, 0.2) is 11.6 Å². The maximum Gasteiger partial charge on any atom is 0.174 e. The number of rotatable bonds is 8. The van der Waals surface area contributed by atoms with Crippen molar-refractivity contribution >= 4 is 11.6 Å². The molecule has 10 heteroatoms. The fraction of sp³-hybridized carbons (Fsp3) is 0.263. The summed E-state index contributed by atoms with van der Waals surface area (Å²) in [4.78, 5) is 27.1. The van der Waals surface area contributed by atoms with Crippen LogP contribution in [0.4, 0.5) is 0 Å². The molecule has 2 heterocycles. The normalized spacial score (nSPS) is 16.7. The van der Waals surface area contributed by atoms with E-state index < -0.39 is 41.0 Å². The first kappa shape index (κ1) is 32.3. The number of Topliss-reactive ketones (excluding diaryl/α,β-unsaturated/α-hetero) is 2. The van der Waals surface area contributed by atoms with Gasteiger partial charge in [0.1, 0.15) is 69.3 Å². The van der Waals surface area contributed by atoms with Crippen molar-refractivity contribution in [2.24, 2.45) is 0 Å². The lowest BCUT2D eigenvalue weighted by atomic mass is 9.87. The highest BCUT2D eigenvalue weighted by Crippen LogP contribution is 2.52. The molecule has 0 fully saturated rings. The summed E-state index contributed by atoms with van der Waals surface area (Å²) in [6.45, 7) is 3.79. The molecule has 2 aliphatic heterocycles. The molecule has 4 N–H and O–H groups in total. The van der Waals surface area contributed by atoms with Crippen molar-refractivity contribution in [2.45, 2.75) is 51.7 Å². The summed E-state index contributed by atoms with van der Waals surface area (Å²) in [5, 5.41) is 45.1. The summed E-state index contributed by atoms with van der Waals surface area (Å²) in [7, 11) is 3.10. The standard InChI is InChI=1S/C38H36O10/c1-19(2)5-14-24-35(43)26(36(44)34-30(42)18-32(47-37(24)34)21-8-12-23(46-4)13-9-21)15-25-27(39)16-28(40)33-29(41)17-31(48-38(25)33)20-6-10-22(45-3)11-7-20/h5-13,16,31-32,39-40,43-44H,14-15,17-18H2,1-4H3/t31-,32+/m0/s1. The number of hydrogen-bond donors (Lipinski definition) is 4. The van der Waals surface area contributed by atoms with Crippen molar-refractivity contribution in [2.75, 3.05) is 14.2 Å². The Hall–Kier alpha value is -5.64. The Morgan fingerprint density at radius 3 is 1.71 bits per heavy atom. The molecule has 0 radical (unpaired) electrons. The first-order chi connectivity index (χ1) is 23.0. The predicted octanol–water partition coefficient (Wildman–Crippen LogP) is 7.04. The Bertz CT molecular complexity index is 1940. The van der Waals surface area contributed by atoms with Crippen LogP contribution in [0.15, 0.2) is 66.2 Å². The van der Waals surface area contributed by atoms with Crippen molar-refractivity contribution in [3.63, 3.8) is 0 Å². The van der Waals surface area contributed by atoms with Crippen molar-refractivity contribution in [3.05, 3.63) is 105 Å². The second-order valence-corrected chi connectivity index (χ2v) is 12.1. The quantitative estimate of drug-likeness (QED) is 0.146. The minimum Gasteiger partial charge on any atom is -0.507 e. The third kappa shape index (κ3) is 5.85. The van der Waals surface area contributed by atoms with Gasteiger partial charge in [0.05, 0.1) is 27.1 Å². The van der Waals surface area contributed by atoms with Gasteiger partial charge in [-0.25, -0.2) is 0 Å². The molecule has 0 unspecified atom stereocenters. The molecule has 10 nitrogen and oxygen atoms in total. The van der Waals surface area contributed by atoms with Crippen LogP contribution in [0.2, 0.25) is 0 Å². The number of ketones is 2. The molecule has 0 amide bonds. The van der Waals surface area contributed by atoms with Crippen molar-refractivity contribution in [3.8, 4) is 46.0 Å². The van der Waals surface area contributed by atoms with Crippen molar-refractivity contribution in [1.82, 2.24) is 0 Å². The second kappa shape index (κ2) is 12.9. The number of hydrogen-bond acceptors (Lipinski definition) is 10. The van der Waals surface area contributed by atoms with E-state index in [9.17, 15) is 30.0 Å². The van der Waals surface area contributed by atoms with Gasteiger partial charge in [-0.1, -0.05) is 35.9 Å². The minimum absolute atomic E-state index is 0.0494. The van der Waals surface area contributed by atoms with E-state index in [2.05, 4.69) is 0 Å². The van der Waals surface area contributed by atoms with Crippen LogP contribution in [0.5, 0.6) is 46.0 Å². The van der Waals surface area contributed by atoms with Gasteiger partial charge in [-0.3, -0.25) is 9.59 Å². The average Bonchev–Trinajstić information content (AvgIpc) is 3.07. The lowest BCUT2D eigenvalue weighted by molar-refractivity contribution is 0.0833. The Morgan fingerprint density at radius 2 is 1.21 bits per heavy atom. The number of phenols is 4. The molecule has 48 heavy (non-hydrogen) atoms. The van der Waals surface area contributed by atoms with E-state index in [-0.39, 0.29) is 70.7 Å². The summed E-state index contributed by atoms with van der Waals surface area (Å²) in [6.07, 6.45) is 0.149. The Balaban J connectivity index is 1.45. The van der Waals surface area contributed by atoms with Gasteiger partial charge >= 0.3 is 0 Å².